The third-order valence-electron chi connectivity index (χ3n) is 6.54. The Kier molecular flexibility index (Phi) is 5.99. The average molecular weight is 392 g/mol. The molecule has 150 valence electrons. The van der Waals surface area contributed by atoms with E-state index in [0.29, 0.717) is 6.54 Å². The second-order valence-electron chi connectivity index (χ2n) is 8.35. The number of carbonyl (C=O) groups excluding carboxylic acids is 1. The summed E-state index contributed by atoms with van der Waals surface area (Å²) in [7, 11) is 2.17. The predicted molar refractivity (Wildman–Crippen MR) is 111 cm³/mol. The van der Waals surface area contributed by atoms with Crippen LogP contribution in [0.2, 0.25) is 0 Å². The van der Waals surface area contributed by atoms with Gasteiger partial charge in [-0.2, -0.15) is 0 Å². The van der Waals surface area contributed by atoms with Gasteiger partial charge < -0.3 is 15.1 Å². The number of nitrogens with zero attached hydrogens (tertiary/aromatic N) is 4. The van der Waals surface area contributed by atoms with Crippen molar-refractivity contribution in [2.24, 2.45) is 0 Å². The Labute approximate surface area is 166 Å². The first-order valence-electron chi connectivity index (χ1n) is 10.6. The molecule has 1 amide bonds. The quantitative estimate of drug-likeness (QED) is 0.803. The molecule has 0 atom stereocenters. The highest BCUT2D eigenvalue weighted by atomic mass is 32.1. The van der Waals surface area contributed by atoms with Crippen molar-refractivity contribution in [2.75, 3.05) is 57.8 Å². The SMILES string of the molecule is CN1CCN(C2(C(=O)NCCc3csc(N4CCCC4)n3)CCCC2)CC1. The Bertz CT molecular complexity index is 628. The molecule has 3 aliphatic rings. The molecule has 1 saturated carbocycles. The molecule has 1 N–H and O–H groups in total. The highest BCUT2D eigenvalue weighted by molar-refractivity contribution is 7.13. The lowest BCUT2D eigenvalue weighted by Gasteiger charge is -2.44. The lowest BCUT2D eigenvalue weighted by atomic mass is 9.92. The molecule has 27 heavy (non-hydrogen) atoms. The van der Waals surface area contributed by atoms with Gasteiger partial charge in [0.15, 0.2) is 5.13 Å². The van der Waals surface area contributed by atoms with E-state index < -0.39 is 0 Å². The maximum absolute atomic E-state index is 13.2. The number of anilines is 1. The van der Waals surface area contributed by atoms with Gasteiger partial charge in [-0.05, 0) is 32.7 Å². The summed E-state index contributed by atoms with van der Waals surface area (Å²) < 4.78 is 0. The maximum atomic E-state index is 13.2. The zero-order valence-corrected chi connectivity index (χ0v) is 17.4. The molecule has 0 unspecified atom stereocenters. The summed E-state index contributed by atoms with van der Waals surface area (Å²) in [5.41, 5.74) is 0.853. The van der Waals surface area contributed by atoms with Gasteiger partial charge >= 0.3 is 0 Å². The smallest absolute Gasteiger partial charge is 0.240 e. The van der Waals surface area contributed by atoms with Gasteiger partial charge in [0, 0.05) is 57.6 Å². The van der Waals surface area contributed by atoms with Gasteiger partial charge in [-0.15, -0.1) is 11.3 Å². The summed E-state index contributed by atoms with van der Waals surface area (Å²) in [5, 5.41) is 6.57. The Morgan fingerprint density at radius 2 is 1.81 bits per heavy atom. The molecule has 0 aromatic carbocycles. The molecular formula is C20H33N5OS. The second-order valence-corrected chi connectivity index (χ2v) is 9.19. The number of thiazole rings is 1. The van der Waals surface area contributed by atoms with Crippen LogP contribution in [0.25, 0.3) is 0 Å². The standard InChI is InChI=1S/C20H33N5OS/c1-23-12-14-25(15-13-23)20(7-2-3-8-20)18(26)21-9-6-17-16-27-19(22-17)24-10-4-5-11-24/h16H,2-15H2,1H3,(H,21,26). The normalized spacial score (nSPS) is 23.8. The molecule has 4 rings (SSSR count). The number of aromatic nitrogens is 1. The van der Waals surface area contributed by atoms with Gasteiger partial charge in [0.1, 0.15) is 5.54 Å². The van der Waals surface area contributed by atoms with E-state index in [1.54, 1.807) is 11.3 Å². The number of piperazine rings is 1. The number of nitrogens with one attached hydrogen (secondary N) is 1. The molecule has 1 aliphatic carbocycles. The van der Waals surface area contributed by atoms with E-state index in [1.807, 2.05) is 0 Å². The molecule has 6 nitrogen and oxygen atoms in total. The molecule has 2 aliphatic heterocycles. The number of carbonyl (C=O) groups is 1. The van der Waals surface area contributed by atoms with Crippen LogP contribution in [0.3, 0.4) is 0 Å². The van der Waals surface area contributed by atoms with E-state index in [-0.39, 0.29) is 11.4 Å². The van der Waals surface area contributed by atoms with Gasteiger partial charge in [-0.1, -0.05) is 12.8 Å². The maximum Gasteiger partial charge on any atom is 0.240 e. The van der Waals surface area contributed by atoms with Crippen molar-refractivity contribution >= 4 is 22.4 Å². The lowest BCUT2D eigenvalue weighted by Crippen LogP contribution is -2.62. The Hall–Kier alpha value is -1.18. The Morgan fingerprint density at radius 3 is 2.52 bits per heavy atom. The van der Waals surface area contributed by atoms with Crippen molar-refractivity contribution in [2.45, 2.75) is 50.5 Å². The molecule has 1 aromatic heterocycles. The number of amides is 1. The summed E-state index contributed by atoms with van der Waals surface area (Å²) in [6, 6.07) is 0. The molecule has 1 aromatic rings. The molecule has 3 heterocycles. The Morgan fingerprint density at radius 1 is 1.11 bits per heavy atom. The van der Waals surface area contributed by atoms with E-state index in [4.69, 9.17) is 4.98 Å². The summed E-state index contributed by atoms with van der Waals surface area (Å²) in [4.78, 5) is 25.1. The molecule has 3 fully saturated rings. The van der Waals surface area contributed by atoms with E-state index in [0.717, 1.165) is 69.4 Å². The first-order valence-corrected chi connectivity index (χ1v) is 11.5. The monoisotopic (exact) mass is 391 g/mol. The van der Waals surface area contributed by atoms with E-state index in [2.05, 4.69) is 32.4 Å². The van der Waals surface area contributed by atoms with Crippen LogP contribution < -0.4 is 10.2 Å². The van der Waals surface area contributed by atoms with Gasteiger partial charge in [0.2, 0.25) is 5.91 Å². The van der Waals surface area contributed by atoms with Crippen molar-refractivity contribution in [3.63, 3.8) is 0 Å². The van der Waals surface area contributed by atoms with Gasteiger partial charge in [-0.25, -0.2) is 4.98 Å². The summed E-state index contributed by atoms with van der Waals surface area (Å²) in [5.74, 6) is 0.250. The predicted octanol–water partition coefficient (Wildman–Crippen LogP) is 1.96. The summed E-state index contributed by atoms with van der Waals surface area (Å²) in [6.07, 6.45) is 7.75. The highest BCUT2D eigenvalue weighted by Crippen LogP contribution is 2.36. The van der Waals surface area contributed by atoms with Crippen LogP contribution in [0.4, 0.5) is 5.13 Å². The van der Waals surface area contributed by atoms with Gasteiger partial charge in [0.05, 0.1) is 5.69 Å². The third kappa shape index (κ3) is 4.15. The molecular weight excluding hydrogens is 358 g/mol. The van der Waals surface area contributed by atoms with Crippen LogP contribution in [0.1, 0.15) is 44.2 Å². The zero-order valence-electron chi connectivity index (χ0n) is 16.6. The third-order valence-corrected chi connectivity index (χ3v) is 7.50. The largest absolute Gasteiger partial charge is 0.354 e. The number of hydrogen-bond donors (Lipinski definition) is 1. The van der Waals surface area contributed by atoms with Crippen LogP contribution >= 0.6 is 11.3 Å². The van der Waals surface area contributed by atoms with Crippen LogP contribution in [0.5, 0.6) is 0 Å². The minimum atomic E-state index is -0.260. The topological polar surface area (TPSA) is 51.7 Å². The minimum absolute atomic E-state index is 0.250. The molecule has 2 saturated heterocycles. The summed E-state index contributed by atoms with van der Waals surface area (Å²) >= 11 is 1.74. The van der Waals surface area contributed by atoms with Crippen molar-refractivity contribution in [1.82, 2.24) is 20.1 Å². The molecule has 7 heteroatoms. The zero-order chi connectivity index (χ0) is 18.7. The molecule has 0 bridgehead atoms. The van der Waals surface area contributed by atoms with Gasteiger partial charge in [0.25, 0.3) is 0 Å². The second kappa shape index (κ2) is 8.45. The van der Waals surface area contributed by atoms with E-state index in [9.17, 15) is 4.79 Å². The fraction of sp³-hybridized carbons (Fsp3) is 0.800. The van der Waals surface area contributed by atoms with Crippen LogP contribution in [0.15, 0.2) is 5.38 Å². The Balaban J connectivity index is 1.31. The average Bonchev–Trinajstić information content (AvgIpc) is 3.43. The van der Waals surface area contributed by atoms with Crippen molar-refractivity contribution in [3.8, 4) is 0 Å². The number of hydrogen-bond acceptors (Lipinski definition) is 6. The molecule has 0 spiro atoms. The lowest BCUT2D eigenvalue weighted by molar-refractivity contribution is -0.134. The van der Waals surface area contributed by atoms with E-state index >= 15 is 0 Å². The van der Waals surface area contributed by atoms with Crippen molar-refractivity contribution < 1.29 is 4.79 Å². The van der Waals surface area contributed by atoms with Crippen LogP contribution in [-0.4, -0.2) is 79.1 Å². The van der Waals surface area contributed by atoms with Gasteiger partial charge in [-0.3, -0.25) is 9.69 Å². The first-order chi connectivity index (χ1) is 13.2. The highest BCUT2D eigenvalue weighted by Gasteiger charge is 2.46. The van der Waals surface area contributed by atoms with Crippen LogP contribution in [-0.2, 0) is 11.2 Å². The van der Waals surface area contributed by atoms with Crippen molar-refractivity contribution in [3.05, 3.63) is 11.1 Å². The van der Waals surface area contributed by atoms with Crippen LogP contribution in [0, 0.1) is 0 Å². The fourth-order valence-electron chi connectivity index (χ4n) is 4.81. The van der Waals surface area contributed by atoms with Crippen molar-refractivity contribution in [1.29, 1.82) is 0 Å². The summed E-state index contributed by atoms with van der Waals surface area (Å²) in [6.45, 7) is 7.11. The number of rotatable bonds is 6. The van der Waals surface area contributed by atoms with E-state index in [1.165, 1.54) is 25.7 Å². The first kappa shape index (κ1) is 19.2. The minimum Gasteiger partial charge on any atom is -0.354 e. The molecule has 0 radical (unpaired) electrons. The number of likely N-dealkylation sites (N-methyl/N-ethyl adjacent to an activating group) is 1. The fourth-order valence-corrected chi connectivity index (χ4v) is 5.73.